The minimum Gasteiger partial charge on any atom is -0.384 e. The lowest BCUT2D eigenvalue weighted by Crippen LogP contribution is -2.41. The van der Waals surface area contributed by atoms with E-state index in [1.807, 2.05) is 12.1 Å². The summed E-state index contributed by atoms with van der Waals surface area (Å²) in [6, 6.07) is 4.00. The third kappa shape index (κ3) is 4.24. The zero-order chi connectivity index (χ0) is 23.7. The number of nitrogens with zero attached hydrogens (tertiary/aromatic N) is 6. The first-order valence-electron chi connectivity index (χ1n) is 10.9. The van der Waals surface area contributed by atoms with Gasteiger partial charge in [0.05, 0.1) is 5.75 Å². The number of pyridine rings is 1. The molecule has 0 aromatic carbocycles. The van der Waals surface area contributed by atoms with Gasteiger partial charge in [-0.15, -0.1) is 10.2 Å². The Morgan fingerprint density at radius 3 is 2.64 bits per heavy atom. The zero-order valence-corrected chi connectivity index (χ0v) is 19.7. The molecule has 33 heavy (non-hydrogen) atoms. The van der Waals surface area contributed by atoms with Crippen molar-refractivity contribution < 1.29 is 4.79 Å². The number of anilines is 1. The summed E-state index contributed by atoms with van der Waals surface area (Å²) < 4.78 is 4.11. The second-order valence-corrected chi connectivity index (χ2v) is 9.37. The molecule has 174 valence electrons. The number of rotatable bonds is 6. The fourth-order valence-electron chi connectivity index (χ4n) is 4.37. The zero-order valence-electron chi connectivity index (χ0n) is 18.9. The Hall–Kier alpha value is -3.21. The van der Waals surface area contributed by atoms with Crippen LogP contribution < -0.4 is 17.0 Å². The van der Waals surface area contributed by atoms with Crippen molar-refractivity contribution in [2.24, 2.45) is 20.0 Å². The van der Waals surface area contributed by atoms with Crippen LogP contribution in [0.4, 0.5) is 5.82 Å². The predicted molar refractivity (Wildman–Crippen MR) is 126 cm³/mol. The highest BCUT2D eigenvalue weighted by Gasteiger charge is 2.29. The standard InChI is InChI=1S/C22H27N7O3S/c1-13-7-4-5-9-15(13)29-19(14-8-6-10-24-11-14)25-26-21(29)33-12-16(30)17-18(23)27(2)22(32)28(3)20(17)31/h6,8,10-11,13,15H,4-5,7,9,12,23H2,1-3H3. The summed E-state index contributed by atoms with van der Waals surface area (Å²) in [7, 11) is 2.76. The van der Waals surface area contributed by atoms with E-state index < -0.39 is 17.0 Å². The molecule has 2 atom stereocenters. The monoisotopic (exact) mass is 469 g/mol. The van der Waals surface area contributed by atoms with Crippen molar-refractivity contribution in [1.82, 2.24) is 28.9 Å². The lowest BCUT2D eigenvalue weighted by molar-refractivity contribution is 0.102. The molecule has 4 rings (SSSR count). The molecule has 10 nitrogen and oxygen atoms in total. The summed E-state index contributed by atoms with van der Waals surface area (Å²) in [6.45, 7) is 2.23. The summed E-state index contributed by atoms with van der Waals surface area (Å²) >= 11 is 1.22. The number of carbonyl (C=O) groups excluding carboxylic acids is 1. The Morgan fingerprint density at radius 1 is 1.18 bits per heavy atom. The van der Waals surface area contributed by atoms with Crippen molar-refractivity contribution in [2.75, 3.05) is 11.5 Å². The third-order valence-electron chi connectivity index (χ3n) is 6.30. The van der Waals surface area contributed by atoms with Crippen LogP contribution in [0.5, 0.6) is 0 Å². The van der Waals surface area contributed by atoms with Crippen molar-refractivity contribution in [2.45, 2.75) is 43.8 Å². The summed E-state index contributed by atoms with van der Waals surface area (Å²) in [5.74, 6) is 0.514. The molecule has 3 aromatic rings. The average Bonchev–Trinajstić information content (AvgIpc) is 3.25. The summed E-state index contributed by atoms with van der Waals surface area (Å²) in [5, 5.41) is 9.43. The molecule has 3 heterocycles. The van der Waals surface area contributed by atoms with E-state index in [0.717, 1.165) is 34.0 Å². The van der Waals surface area contributed by atoms with Gasteiger partial charge in [-0.1, -0.05) is 31.5 Å². The van der Waals surface area contributed by atoms with Crippen molar-refractivity contribution in [3.05, 3.63) is 50.9 Å². The molecule has 0 aliphatic heterocycles. The summed E-state index contributed by atoms with van der Waals surface area (Å²) in [6.07, 6.45) is 7.89. The number of carbonyl (C=O) groups is 1. The number of hydrogen-bond acceptors (Lipinski definition) is 8. The van der Waals surface area contributed by atoms with E-state index in [9.17, 15) is 14.4 Å². The number of nitrogen functional groups attached to an aromatic ring is 1. The molecule has 11 heteroatoms. The van der Waals surface area contributed by atoms with E-state index in [2.05, 4.69) is 26.7 Å². The Morgan fingerprint density at radius 2 is 1.94 bits per heavy atom. The summed E-state index contributed by atoms with van der Waals surface area (Å²) in [4.78, 5) is 41.8. The topological polar surface area (TPSA) is 131 Å². The van der Waals surface area contributed by atoms with E-state index in [4.69, 9.17) is 5.73 Å². The number of ketones is 1. The van der Waals surface area contributed by atoms with Gasteiger partial charge in [0.1, 0.15) is 11.4 Å². The van der Waals surface area contributed by atoms with Crippen LogP contribution in [0.15, 0.2) is 39.3 Å². The Labute approximate surface area is 194 Å². The minimum absolute atomic E-state index is 0.0517. The van der Waals surface area contributed by atoms with Crippen molar-refractivity contribution >= 4 is 23.4 Å². The van der Waals surface area contributed by atoms with Crippen LogP contribution in [0.25, 0.3) is 11.4 Å². The molecule has 2 unspecified atom stereocenters. The van der Waals surface area contributed by atoms with Gasteiger partial charge in [-0.2, -0.15) is 0 Å². The van der Waals surface area contributed by atoms with Gasteiger partial charge < -0.3 is 5.73 Å². The minimum atomic E-state index is -0.695. The van der Waals surface area contributed by atoms with Crippen LogP contribution in [0.3, 0.4) is 0 Å². The lowest BCUT2D eigenvalue weighted by Gasteiger charge is -2.31. The number of aromatic nitrogens is 6. The smallest absolute Gasteiger partial charge is 0.332 e. The molecule has 0 radical (unpaired) electrons. The van der Waals surface area contributed by atoms with E-state index in [0.29, 0.717) is 16.9 Å². The Kier molecular flexibility index (Phi) is 6.50. The molecule has 3 aromatic heterocycles. The van der Waals surface area contributed by atoms with E-state index in [1.165, 1.54) is 32.3 Å². The van der Waals surface area contributed by atoms with Gasteiger partial charge in [0.2, 0.25) is 0 Å². The molecule has 1 aliphatic rings. The van der Waals surface area contributed by atoms with Crippen LogP contribution in [0.2, 0.25) is 0 Å². The lowest BCUT2D eigenvalue weighted by atomic mass is 9.85. The fourth-order valence-corrected chi connectivity index (χ4v) is 5.23. The van der Waals surface area contributed by atoms with Crippen molar-refractivity contribution in [1.29, 1.82) is 0 Å². The summed E-state index contributed by atoms with van der Waals surface area (Å²) in [5.41, 5.74) is 5.35. The van der Waals surface area contributed by atoms with Gasteiger partial charge in [-0.05, 0) is 30.9 Å². The normalized spacial score (nSPS) is 18.4. The van der Waals surface area contributed by atoms with E-state index in [1.54, 1.807) is 12.4 Å². The van der Waals surface area contributed by atoms with Crippen molar-refractivity contribution in [3.8, 4) is 11.4 Å². The average molecular weight is 470 g/mol. The highest BCUT2D eigenvalue weighted by atomic mass is 32.2. The van der Waals surface area contributed by atoms with E-state index in [-0.39, 0.29) is 23.2 Å². The van der Waals surface area contributed by atoms with Gasteiger partial charge >= 0.3 is 5.69 Å². The molecule has 0 bridgehead atoms. The number of thioether (sulfide) groups is 1. The second-order valence-electron chi connectivity index (χ2n) is 8.42. The first-order chi connectivity index (χ1) is 15.8. The molecule has 1 saturated carbocycles. The van der Waals surface area contributed by atoms with Crippen LogP contribution in [0, 0.1) is 5.92 Å². The van der Waals surface area contributed by atoms with Crippen LogP contribution in [-0.2, 0) is 14.1 Å². The molecule has 0 spiro atoms. The van der Waals surface area contributed by atoms with Gasteiger partial charge in [-0.25, -0.2) is 4.79 Å². The SMILES string of the molecule is CC1CCCCC1n1c(SCC(=O)c2c(N)n(C)c(=O)n(C)c2=O)nnc1-c1cccnc1. The maximum absolute atomic E-state index is 13.0. The maximum atomic E-state index is 13.0. The molecule has 1 fully saturated rings. The predicted octanol–water partition coefficient (Wildman–Crippen LogP) is 2.05. The molecular formula is C22H27N7O3S. The van der Waals surface area contributed by atoms with Gasteiger partial charge in [0.15, 0.2) is 16.8 Å². The molecule has 1 aliphatic carbocycles. The van der Waals surface area contributed by atoms with Crippen molar-refractivity contribution in [3.63, 3.8) is 0 Å². The largest absolute Gasteiger partial charge is 0.384 e. The number of Topliss-reactive ketones (excluding diaryl/α,β-unsaturated/α-hetero) is 1. The first-order valence-corrected chi connectivity index (χ1v) is 11.9. The maximum Gasteiger partial charge on any atom is 0.332 e. The third-order valence-corrected chi connectivity index (χ3v) is 7.25. The fraction of sp³-hybridized carbons (Fsp3) is 0.455. The molecule has 0 amide bonds. The Bertz CT molecular complexity index is 1300. The van der Waals surface area contributed by atoms with Gasteiger partial charge in [0, 0.05) is 38.1 Å². The van der Waals surface area contributed by atoms with E-state index >= 15 is 0 Å². The first kappa shape index (κ1) is 23.0. The quantitative estimate of drug-likeness (QED) is 0.429. The molecule has 0 saturated heterocycles. The van der Waals surface area contributed by atoms with Crippen LogP contribution in [-0.4, -0.2) is 40.4 Å². The van der Waals surface area contributed by atoms with Crippen LogP contribution in [0.1, 0.15) is 49.0 Å². The highest BCUT2D eigenvalue weighted by molar-refractivity contribution is 7.99. The molecule has 2 N–H and O–H groups in total. The Balaban J connectivity index is 1.68. The van der Waals surface area contributed by atoms with Gasteiger partial charge in [0.25, 0.3) is 5.56 Å². The second kappa shape index (κ2) is 9.34. The number of hydrogen-bond donors (Lipinski definition) is 1. The van der Waals surface area contributed by atoms with Gasteiger partial charge in [-0.3, -0.25) is 28.3 Å². The van der Waals surface area contributed by atoms with Crippen LogP contribution >= 0.6 is 11.8 Å². The highest BCUT2D eigenvalue weighted by Crippen LogP contribution is 2.38. The number of nitrogens with two attached hydrogens (primary N) is 1. The molecular weight excluding hydrogens is 442 g/mol.